The molecule has 3 atom stereocenters. The highest BCUT2D eigenvalue weighted by molar-refractivity contribution is 7.47. The third kappa shape index (κ3) is 25.5. The van der Waals surface area contributed by atoms with Crippen LogP contribution < -0.4 is 0 Å². The third-order valence-corrected chi connectivity index (χ3v) is 8.35. The van der Waals surface area contributed by atoms with Crippen molar-refractivity contribution < 1.29 is 42.1 Å². The number of esters is 2. The van der Waals surface area contributed by atoms with Gasteiger partial charge in [0.25, 0.3) is 0 Å². The Morgan fingerprint density at radius 1 is 0.738 bits per heavy atom. The van der Waals surface area contributed by atoms with E-state index in [2.05, 4.69) is 13.8 Å². The molecule has 0 aliphatic heterocycles. The quantitative estimate of drug-likeness (QED) is 0.0387. The minimum absolute atomic E-state index is 0.0331. The number of phosphoric ester groups is 1. The van der Waals surface area contributed by atoms with Crippen molar-refractivity contribution in [3.05, 3.63) is 0 Å². The van der Waals surface area contributed by atoms with Crippen LogP contribution in [0, 0.1) is 5.92 Å². The van der Waals surface area contributed by atoms with Gasteiger partial charge in [0.15, 0.2) is 6.10 Å². The first-order chi connectivity index (χ1) is 19.9. The molecule has 0 aliphatic rings. The Labute approximate surface area is 257 Å². The SMILES string of the molecule is CCCCCCCCCCCCCCCC(=O)O[C@H](COC(=O)C(CC)CCCC)COP(=O)(O)OCC[N+](C)(C)C. The normalized spacial score (nSPS) is 14.7. The Morgan fingerprint density at radius 2 is 1.26 bits per heavy atom. The number of nitrogens with zero attached hydrogens (tertiary/aromatic N) is 1. The van der Waals surface area contributed by atoms with Gasteiger partial charge in [-0.05, 0) is 19.3 Å². The van der Waals surface area contributed by atoms with Crippen molar-refractivity contribution in [3.63, 3.8) is 0 Å². The lowest BCUT2D eigenvalue weighted by atomic mass is 10.00. The average molecular weight is 623 g/mol. The zero-order valence-electron chi connectivity index (χ0n) is 27.9. The van der Waals surface area contributed by atoms with Crippen LogP contribution in [0.25, 0.3) is 0 Å². The van der Waals surface area contributed by atoms with Crippen LogP contribution in [-0.4, -0.2) is 74.9 Å². The molecule has 0 aromatic rings. The maximum Gasteiger partial charge on any atom is 0.472 e. The number of unbranched alkanes of at least 4 members (excludes halogenated alkanes) is 13. The van der Waals surface area contributed by atoms with Gasteiger partial charge in [0.1, 0.15) is 19.8 Å². The summed E-state index contributed by atoms with van der Waals surface area (Å²) in [6.07, 6.45) is 18.4. The second-order valence-electron chi connectivity index (χ2n) is 12.6. The maximum absolute atomic E-state index is 12.6. The molecule has 0 fully saturated rings. The Hall–Kier alpha value is -0.990. The highest BCUT2D eigenvalue weighted by Gasteiger charge is 2.27. The monoisotopic (exact) mass is 622 g/mol. The lowest BCUT2D eigenvalue weighted by Crippen LogP contribution is -2.37. The molecule has 10 heteroatoms. The molecule has 0 saturated heterocycles. The molecule has 0 radical (unpaired) electrons. The second-order valence-corrected chi connectivity index (χ2v) is 14.0. The number of ether oxygens (including phenoxy) is 2. The zero-order valence-corrected chi connectivity index (χ0v) is 28.8. The van der Waals surface area contributed by atoms with Crippen molar-refractivity contribution in [1.29, 1.82) is 0 Å². The van der Waals surface area contributed by atoms with E-state index in [-0.39, 0.29) is 31.5 Å². The molecular formula is C32H65NO8P+. The second kappa shape index (κ2) is 25.3. The van der Waals surface area contributed by atoms with Gasteiger partial charge >= 0.3 is 19.8 Å². The van der Waals surface area contributed by atoms with Crippen LogP contribution in [0.15, 0.2) is 0 Å². The molecule has 0 amide bonds. The summed E-state index contributed by atoms with van der Waals surface area (Å²) in [5.41, 5.74) is 0. The predicted molar refractivity (Wildman–Crippen MR) is 169 cm³/mol. The first-order valence-corrected chi connectivity index (χ1v) is 18.2. The van der Waals surface area contributed by atoms with Crippen molar-refractivity contribution in [2.45, 2.75) is 142 Å². The molecule has 42 heavy (non-hydrogen) atoms. The fourth-order valence-corrected chi connectivity index (χ4v) is 5.27. The Balaban J connectivity index is 4.55. The molecule has 0 heterocycles. The van der Waals surface area contributed by atoms with Crippen LogP contribution in [0.3, 0.4) is 0 Å². The van der Waals surface area contributed by atoms with Crippen molar-refractivity contribution in [2.24, 2.45) is 5.92 Å². The summed E-state index contributed by atoms with van der Waals surface area (Å²) in [5.74, 6) is -1.01. The van der Waals surface area contributed by atoms with Crippen LogP contribution in [0.5, 0.6) is 0 Å². The van der Waals surface area contributed by atoms with E-state index < -0.39 is 26.5 Å². The number of carbonyl (C=O) groups excluding carboxylic acids is 2. The summed E-state index contributed by atoms with van der Waals surface area (Å²) >= 11 is 0. The molecule has 250 valence electrons. The Bertz CT molecular complexity index is 728. The molecule has 0 aromatic carbocycles. The highest BCUT2D eigenvalue weighted by Crippen LogP contribution is 2.43. The summed E-state index contributed by atoms with van der Waals surface area (Å²) < 4.78 is 34.1. The van der Waals surface area contributed by atoms with Crippen LogP contribution in [-0.2, 0) is 32.7 Å². The maximum atomic E-state index is 12.6. The van der Waals surface area contributed by atoms with E-state index >= 15 is 0 Å². The molecular weight excluding hydrogens is 557 g/mol. The third-order valence-electron chi connectivity index (χ3n) is 7.37. The molecule has 0 aliphatic carbocycles. The fourth-order valence-electron chi connectivity index (χ4n) is 4.52. The van der Waals surface area contributed by atoms with Gasteiger partial charge in [0, 0.05) is 6.42 Å². The predicted octanol–water partition coefficient (Wildman–Crippen LogP) is 7.98. The van der Waals surface area contributed by atoms with E-state index in [9.17, 15) is 19.0 Å². The van der Waals surface area contributed by atoms with E-state index in [0.717, 1.165) is 32.1 Å². The molecule has 0 saturated carbocycles. The van der Waals surface area contributed by atoms with E-state index in [0.29, 0.717) is 23.9 Å². The molecule has 2 unspecified atom stereocenters. The minimum atomic E-state index is -4.36. The van der Waals surface area contributed by atoms with Gasteiger partial charge in [-0.15, -0.1) is 0 Å². The van der Waals surface area contributed by atoms with Crippen molar-refractivity contribution in [1.82, 2.24) is 0 Å². The van der Waals surface area contributed by atoms with Gasteiger partial charge < -0.3 is 18.9 Å². The van der Waals surface area contributed by atoms with Gasteiger partial charge in [-0.3, -0.25) is 18.6 Å². The summed E-state index contributed by atoms with van der Waals surface area (Å²) in [4.78, 5) is 35.2. The first kappa shape index (κ1) is 41.0. The van der Waals surface area contributed by atoms with Gasteiger partial charge in [0.2, 0.25) is 0 Å². The lowest BCUT2D eigenvalue weighted by molar-refractivity contribution is -0.870. The summed E-state index contributed by atoms with van der Waals surface area (Å²) in [6, 6.07) is 0. The molecule has 0 spiro atoms. The number of phosphoric acid groups is 1. The summed E-state index contributed by atoms with van der Waals surface area (Å²) in [6.45, 7) is 6.16. The van der Waals surface area contributed by atoms with Gasteiger partial charge in [-0.2, -0.15) is 0 Å². The summed E-state index contributed by atoms with van der Waals surface area (Å²) in [5, 5.41) is 0. The van der Waals surface area contributed by atoms with Crippen molar-refractivity contribution in [3.8, 4) is 0 Å². The molecule has 9 nitrogen and oxygen atoms in total. The van der Waals surface area contributed by atoms with E-state index in [1.807, 2.05) is 28.1 Å². The number of quaternary nitrogens is 1. The number of carbonyl (C=O) groups is 2. The molecule has 0 aromatic heterocycles. The standard InChI is InChI=1S/C32H64NO8P/c1-7-10-12-13-14-15-16-17-18-19-20-21-22-24-31(34)41-30(27-38-32(35)29(9-3)23-11-8-2)28-40-42(36,37)39-26-25-33(4,5)6/h29-30H,7-28H2,1-6H3/p+1/t29?,30-/m1/s1. The zero-order chi connectivity index (χ0) is 31.7. The molecule has 1 N–H and O–H groups in total. The number of rotatable bonds is 29. The first-order valence-electron chi connectivity index (χ1n) is 16.7. The fraction of sp³-hybridized carbons (Fsp3) is 0.938. The number of likely N-dealkylation sites (N-methyl/N-ethyl adjacent to an activating group) is 1. The van der Waals surface area contributed by atoms with Crippen LogP contribution in [0.2, 0.25) is 0 Å². The van der Waals surface area contributed by atoms with Gasteiger partial charge in [-0.1, -0.05) is 111 Å². The molecule has 0 bridgehead atoms. The van der Waals surface area contributed by atoms with E-state index in [1.165, 1.54) is 64.2 Å². The Morgan fingerprint density at radius 3 is 1.76 bits per heavy atom. The average Bonchev–Trinajstić information content (AvgIpc) is 2.92. The van der Waals surface area contributed by atoms with Crippen LogP contribution >= 0.6 is 7.82 Å². The highest BCUT2D eigenvalue weighted by atomic mass is 31.2. The smallest absolute Gasteiger partial charge is 0.461 e. The van der Waals surface area contributed by atoms with Crippen molar-refractivity contribution in [2.75, 3.05) is 47.5 Å². The van der Waals surface area contributed by atoms with Crippen LogP contribution in [0.1, 0.15) is 136 Å². The topological polar surface area (TPSA) is 108 Å². The largest absolute Gasteiger partial charge is 0.472 e. The van der Waals surface area contributed by atoms with E-state index in [4.69, 9.17) is 18.5 Å². The summed E-state index contributed by atoms with van der Waals surface area (Å²) in [7, 11) is 1.47. The minimum Gasteiger partial charge on any atom is -0.461 e. The van der Waals surface area contributed by atoms with Gasteiger partial charge in [-0.25, -0.2) is 4.57 Å². The Kier molecular flexibility index (Phi) is 24.8. The number of hydrogen-bond donors (Lipinski definition) is 1. The molecule has 0 rings (SSSR count). The van der Waals surface area contributed by atoms with Crippen LogP contribution in [0.4, 0.5) is 0 Å². The van der Waals surface area contributed by atoms with E-state index in [1.54, 1.807) is 0 Å². The van der Waals surface area contributed by atoms with Crippen molar-refractivity contribution >= 4 is 19.8 Å². The number of hydrogen-bond acceptors (Lipinski definition) is 7. The lowest BCUT2D eigenvalue weighted by Gasteiger charge is -2.24. The van der Waals surface area contributed by atoms with Gasteiger partial charge in [0.05, 0.1) is 33.7 Å².